The van der Waals surface area contributed by atoms with Crippen molar-refractivity contribution in [2.75, 3.05) is 36.1 Å². The second kappa shape index (κ2) is 34.8. The van der Waals surface area contributed by atoms with E-state index >= 15 is 0 Å². The maximum absolute atomic E-state index is 10.9. The Bertz CT molecular complexity index is 1110. The zero-order chi connectivity index (χ0) is 31.9. The largest absolute Gasteiger partial charge is 1.00 e. The van der Waals surface area contributed by atoms with Gasteiger partial charge < -0.3 is 64.7 Å². The summed E-state index contributed by atoms with van der Waals surface area (Å²) in [4.78, 5) is 78.5. The number of benzene rings is 2. The molecule has 2 atom stereocenters. The van der Waals surface area contributed by atoms with Gasteiger partial charge in [-0.05, 0) is 50.7 Å². The fourth-order valence-electron chi connectivity index (χ4n) is 3.22. The summed E-state index contributed by atoms with van der Waals surface area (Å²) in [5.41, 5.74) is -2.34. The second-order valence-corrected chi connectivity index (χ2v) is 18.5. The molecule has 0 aliphatic rings. The third-order valence-electron chi connectivity index (χ3n) is 5.14. The van der Waals surface area contributed by atoms with E-state index in [2.05, 4.69) is 10.6 Å². The quantitative estimate of drug-likeness (QED) is 0.0461. The molecule has 49 heavy (non-hydrogen) atoms. The van der Waals surface area contributed by atoms with E-state index in [9.17, 15) is 37.8 Å². The molecule has 0 saturated carbocycles. The first-order chi connectivity index (χ1) is 19.4. The van der Waals surface area contributed by atoms with Crippen molar-refractivity contribution in [1.29, 1.82) is 0 Å². The van der Waals surface area contributed by atoms with E-state index in [1.54, 1.807) is 0 Å². The van der Waals surface area contributed by atoms with Gasteiger partial charge in [0.25, 0.3) is 0 Å². The number of rotatable bonds is 18. The van der Waals surface area contributed by atoms with Crippen LogP contribution in [-0.2, 0) is 31.1 Å². The average Bonchev–Trinajstić information content (AvgIpc) is 2.86. The van der Waals surface area contributed by atoms with Crippen molar-refractivity contribution in [3.05, 3.63) is 71.8 Å². The van der Waals surface area contributed by atoms with Crippen LogP contribution in [0.5, 0.6) is 0 Å². The summed E-state index contributed by atoms with van der Waals surface area (Å²) in [6.45, 7) is 0.0629. The van der Waals surface area contributed by atoms with Crippen molar-refractivity contribution in [2.24, 2.45) is 0 Å². The van der Waals surface area contributed by atoms with Crippen LogP contribution in [0.1, 0.15) is 11.1 Å². The minimum absolute atomic E-state index is 0. The molecule has 0 aliphatic heterocycles. The SMILES string of the molecule is O.O.O.O=P([O-])([O-])C(NCCSCCc1ccccc1)P(=O)(O)O.O=P([O-])([O-])C(NCCSCCc1ccccc1)P(=O)(O)O.[Na+].[Na+].[Na+].[Na+]. The third-order valence-corrected chi connectivity index (χ3v) is 13.8. The predicted molar refractivity (Wildman–Crippen MR) is 169 cm³/mol. The van der Waals surface area contributed by atoms with Gasteiger partial charge in [-0.25, -0.2) is 0 Å². The summed E-state index contributed by atoms with van der Waals surface area (Å²) < 4.78 is 43.5. The van der Waals surface area contributed by atoms with Crippen molar-refractivity contribution in [1.82, 2.24) is 10.6 Å². The van der Waals surface area contributed by atoms with Crippen LogP contribution in [0.4, 0.5) is 0 Å². The molecule has 2 rings (SSSR count). The molecule has 0 aliphatic carbocycles. The van der Waals surface area contributed by atoms with Crippen LogP contribution in [0, 0.1) is 0 Å². The molecular weight excluding hydrogens is 812 g/mol. The number of hydrogen-bond acceptors (Lipinski definition) is 12. The fraction of sp³-hybridized carbons (Fsp3) is 0.455. The van der Waals surface area contributed by atoms with Gasteiger partial charge in [0.2, 0.25) is 0 Å². The second-order valence-electron chi connectivity index (χ2n) is 8.61. The summed E-state index contributed by atoms with van der Waals surface area (Å²) in [6.07, 6.45) is 1.68. The van der Waals surface area contributed by atoms with Crippen molar-refractivity contribution >= 4 is 53.9 Å². The summed E-state index contributed by atoms with van der Waals surface area (Å²) >= 11 is 3.00. The average molecular weight is 853 g/mol. The Labute approximate surface area is 383 Å². The molecule has 0 amide bonds. The molecule has 0 saturated heterocycles. The molecule has 12 N–H and O–H groups in total. The Morgan fingerprint density at radius 2 is 0.796 bits per heavy atom. The van der Waals surface area contributed by atoms with Crippen LogP contribution < -0.4 is 148 Å². The Hall–Kier alpha value is 3.54. The van der Waals surface area contributed by atoms with E-state index in [0.29, 0.717) is 11.5 Å². The molecule has 0 spiro atoms. The van der Waals surface area contributed by atoms with Gasteiger partial charge in [-0.1, -0.05) is 60.7 Å². The van der Waals surface area contributed by atoms with Crippen LogP contribution in [0.3, 0.4) is 0 Å². The van der Waals surface area contributed by atoms with Gasteiger partial charge in [-0.15, -0.1) is 0 Å². The van der Waals surface area contributed by atoms with Crippen LogP contribution in [0.25, 0.3) is 0 Å². The fourth-order valence-corrected chi connectivity index (χ4v) is 9.30. The monoisotopic (exact) mass is 852 g/mol. The normalized spacial score (nSPS) is 12.1. The summed E-state index contributed by atoms with van der Waals surface area (Å²) in [5, 5.41) is 4.25. The van der Waals surface area contributed by atoms with Gasteiger partial charge >= 0.3 is 133 Å². The number of thioether (sulfide) groups is 2. The molecule has 27 heteroatoms. The Morgan fingerprint density at radius 1 is 0.531 bits per heavy atom. The minimum atomic E-state index is -5.38. The molecule has 0 heterocycles. The van der Waals surface area contributed by atoms with Gasteiger partial charge in [-0.3, -0.25) is 19.8 Å². The van der Waals surface area contributed by atoms with E-state index in [4.69, 9.17) is 19.6 Å². The molecule has 0 radical (unpaired) electrons. The zero-order valence-corrected chi connectivity index (χ0v) is 41.0. The number of hydrogen-bond donors (Lipinski definition) is 6. The topological polar surface area (TPSA) is 360 Å². The predicted octanol–water partition coefficient (Wildman–Crippen LogP) is -14.6. The molecule has 17 nitrogen and oxygen atoms in total. The standard InChI is InChI=1S/2C11H19NO6P2S.4Na.3H2O/c2*13-19(14,15)11(20(16,17)18)12-7-9-21-8-6-10-4-2-1-3-5-10;;;;;;;/h2*1-5,11-12H,6-9H2,(H2,13,14,15)(H2,16,17,18);;;;;3*1H2/q;;4*+1;;;/p-4. The summed E-state index contributed by atoms with van der Waals surface area (Å²) in [7, 11) is -20.8. The van der Waals surface area contributed by atoms with Crippen LogP contribution in [0.2, 0.25) is 0 Å². The van der Waals surface area contributed by atoms with E-state index in [0.717, 1.165) is 24.3 Å². The Kier molecular flexibility index (Phi) is 47.7. The molecular formula is C22H40N2Na4O15P4S2. The van der Waals surface area contributed by atoms with Crippen molar-refractivity contribution < 1.29 is 192 Å². The molecule has 0 bridgehead atoms. The van der Waals surface area contributed by atoms with Crippen LogP contribution >= 0.6 is 53.9 Å². The van der Waals surface area contributed by atoms with Gasteiger partial charge in [0.1, 0.15) is 11.0 Å². The zero-order valence-electron chi connectivity index (χ0n) is 27.7. The summed E-state index contributed by atoms with van der Waals surface area (Å²) in [6, 6.07) is 19.6. The van der Waals surface area contributed by atoms with E-state index in [1.165, 1.54) is 34.7 Å². The maximum atomic E-state index is 10.9. The smallest absolute Gasteiger partial charge is 0.809 e. The van der Waals surface area contributed by atoms with Crippen LogP contribution in [0.15, 0.2) is 60.7 Å². The number of nitrogens with one attached hydrogen (secondary N) is 2. The van der Waals surface area contributed by atoms with E-state index in [1.807, 2.05) is 60.7 Å². The van der Waals surface area contributed by atoms with Crippen LogP contribution in [-0.4, -0.2) is 83.2 Å². The van der Waals surface area contributed by atoms with E-state index in [-0.39, 0.29) is 148 Å². The number of aryl methyl sites for hydroxylation is 2. The van der Waals surface area contributed by atoms with Crippen molar-refractivity contribution in [2.45, 2.75) is 23.9 Å². The Morgan fingerprint density at radius 3 is 1.02 bits per heavy atom. The first-order valence-electron chi connectivity index (χ1n) is 12.3. The van der Waals surface area contributed by atoms with E-state index < -0.39 is 41.4 Å². The summed E-state index contributed by atoms with van der Waals surface area (Å²) in [5.74, 6) is 2.48. The first-order valence-corrected chi connectivity index (χ1v) is 21.2. The third kappa shape index (κ3) is 33.4. The van der Waals surface area contributed by atoms with Gasteiger partial charge in [-0.2, -0.15) is 23.5 Å². The minimum Gasteiger partial charge on any atom is -0.809 e. The van der Waals surface area contributed by atoms with Crippen molar-refractivity contribution in [3.8, 4) is 0 Å². The van der Waals surface area contributed by atoms with Crippen molar-refractivity contribution in [3.63, 3.8) is 0 Å². The first kappa shape index (κ1) is 67.3. The molecule has 0 aromatic heterocycles. The maximum Gasteiger partial charge on any atom is 1.00 e. The molecule has 0 fully saturated rings. The molecule has 2 aromatic carbocycles. The Balaban J connectivity index is -0.000000126. The van der Waals surface area contributed by atoms with Gasteiger partial charge in [0, 0.05) is 24.6 Å². The van der Waals surface area contributed by atoms with Gasteiger partial charge in [0.15, 0.2) is 0 Å². The molecule has 2 unspecified atom stereocenters. The molecule has 264 valence electrons. The van der Waals surface area contributed by atoms with Gasteiger partial charge in [0.05, 0.1) is 0 Å². The molecule has 2 aromatic rings.